The summed E-state index contributed by atoms with van der Waals surface area (Å²) in [6, 6.07) is 14.1. The lowest BCUT2D eigenvalue weighted by Crippen LogP contribution is -2.22. The molecular weight excluding hydrogens is 444 g/mol. The molecule has 0 unspecified atom stereocenters. The molecule has 0 saturated heterocycles. The first-order chi connectivity index (χ1) is 16.0. The fourth-order valence-electron chi connectivity index (χ4n) is 3.24. The van der Waals surface area contributed by atoms with Crippen LogP contribution < -0.4 is 14.2 Å². The fraction of sp³-hybridized carbons (Fsp3) is 0.417. The van der Waals surface area contributed by atoms with E-state index in [4.69, 9.17) is 14.2 Å². The van der Waals surface area contributed by atoms with Crippen molar-refractivity contribution < 1.29 is 27.4 Å². The number of nitrogens with one attached hydrogen (secondary N) is 1. The molecule has 0 bridgehead atoms. The van der Waals surface area contributed by atoms with Crippen molar-refractivity contribution in [2.45, 2.75) is 43.9 Å². The minimum atomic E-state index is -3.51. The van der Waals surface area contributed by atoms with Crippen molar-refractivity contribution in [3.63, 3.8) is 0 Å². The van der Waals surface area contributed by atoms with Crippen molar-refractivity contribution >= 4 is 21.8 Å². The van der Waals surface area contributed by atoms with Gasteiger partial charge in [0.1, 0.15) is 30.5 Å². The van der Waals surface area contributed by atoms with Gasteiger partial charge in [0, 0.05) is 18.5 Å². The van der Waals surface area contributed by atoms with Gasteiger partial charge in [-0.2, -0.15) is 0 Å². The molecule has 0 saturated carbocycles. The molecule has 2 aromatic rings. The Labute approximate surface area is 195 Å². The van der Waals surface area contributed by atoms with Crippen LogP contribution in [0.2, 0.25) is 0 Å². The van der Waals surface area contributed by atoms with E-state index in [1.165, 1.54) is 0 Å². The third kappa shape index (κ3) is 7.49. The molecule has 0 spiro atoms. The Morgan fingerprint density at radius 3 is 2.33 bits per heavy atom. The van der Waals surface area contributed by atoms with Crippen molar-refractivity contribution in [1.82, 2.24) is 4.72 Å². The highest BCUT2D eigenvalue weighted by Crippen LogP contribution is 2.22. The van der Waals surface area contributed by atoms with Crippen LogP contribution >= 0.6 is 0 Å². The maximum absolute atomic E-state index is 12.1. The van der Waals surface area contributed by atoms with Gasteiger partial charge in [-0.15, -0.1) is 0 Å². The molecule has 0 atom stereocenters. The van der Waals surface area contributed by atoms with Crippen LogP contribution in [0.1, 0.15) is 44.6 Å². The average Bonchev–Trinajstić information content (AvgIpc) is 3.08. The molecule has 33 heavy (non-hydrogen) atoms. The summed E-state index contributed by atoms with van der Waals surface area (Å²) in [7, 11) is -3.51. The number of aliphatic imine (C=N–C) groups is 1. The molecule has 1 aliphatic heterocycles. The summed E-state index contributed by atoms with van der Waals surface area (Å²) in [5.41, 5.74) is 0.601. The Morgan fingerprint density at radius 1 is 0.909 bits per heavy atom. The third-order valence-corrected chi connectivity index (χ3v) is 6.28. The van der Waals surface area contributed by atoms with Gasteiger partial charge >= 0.3 is 5.97 Å². The van der Waals surface area contributed by atoms with Crippen LogP contribution in [0.5, 0.6) is 11.5 Å². The van der Waals surface area contributed by atoms with Crippen LogP contribution in [0.15, 0.2) is 58.4 Å². The first-order valence-electron chi connectivity index (χ1n) is 11.2. The van der Waals surface area contributed by atoms with E-state index in [2.05, 4.69) is 16.6 Å². The summed E-state index contributed by atoms with van der Waals surface area (Å²) in [6.07, 6.45) is 3.52. The van der Waals surface area contributed by atoms with Gasteiger partial charge in [0.2, 0.25) is 0 Å². The van der Waals surface area contributed by atoms with Crippen molar-refractivity contribution in [3.8, 4) is 11.5 Å². The van der Waals surface area contributed by atoms with E-state index in [0.717, 1.165) is 25.0 Å². The Morgan fingerprint density at radius 2 is 1.61 bits per heavy atom. The highest BCUT2D eigenvalue weighted by Gasteiger charge is 2.29. The number of hydrogen-bond donors (Lipinski definition) is 1. The summed E-state index contributed by atoms with van der Waals surface area (Å²) in [4.78, 5) is 16.5. The van der Waals surface area contributed by atoms with Crippen LogP contribution in [0, 0.1) is 0 Å². The van der Waals surface area contributed by atoms with E-state index in [-0.39, 0.29) is 24.1 Å². The van der Waals surface area contributed by atoms with Gasteiger partial charge in [0.25, 0.3) is 10.0 Å². The molecule has 0 radical (unpaired) electrons. The topological polar surface area (TPSA) is 103 Å². The van der Waals surface area contributed by atoms with E-state index in [1.54, 1.807) is 24.3 Å². The van der Waals surface area contributed by atoms with E-state index in [1.807, 2.05) is 24.3 Å². The van der Waals surface area contributed by atoms with Crippen LogP contribution in [0.4, 0.5) is 0 Å². The molecule has 8 nitrogen and oxygen atoms in total. The van der Waals surface area contributed by atoms with Crippen LogP contribution in [0.3, 0.4) is 0 Å². The zero-order valence-electron chi connectivity index (χ0n) is 18.8. The molecule has 178 valence electrons. The van der Waals surface area contributed by atoms with E-state index < -0.39 is 10.0 Å². The van der Waals surface area contributed by atoms with E-state index >= 15 is 0 Å². The Kier molecular flexibility index (Phi) is 9.12. The van der Waals surface area contributed by atoms with Gasteiger partial charge < -0.3 is 14.2 Å². The maximum Gasteiger partial charge on any atom is 0.305 e. The van der Waals surface area contributed by atoms with Crippen LogP contribution in [0.25, 0.3) is 0 Å². The molecule has 1 aliphatic rings. The van der Waals surface area contributed by atoms with Crippen LogP contribution in [-0.2, 0) is 19.6 Å². The smallest absolute Gasteiger partial charge is 0.305 e. The zero-order valence-corrected chi connectivity index (χ0v) is 19.6. The Bertz CT molecular complexity index is 1050. The second-order valence-electron chi connectivity index (χ2n) is 7.53. The lowest BCUT2D eigenvalue weighted by molar-refractivity contribution is -0.144. The van der Waals surface area contributed by atoms with Gasteiger partial charge in [-0.3, -0.25) is 14.5 Å². The molecule has 1 heterocycles. The monoisotopic (exact) mass is 474 g/mol. The number of esters is 1. The molecule has 2 aromatic carbocycles. The number of hydrogen-bond acceptors (Lipinski definition) is 7. The SMILES string of the molecule is CCCOc1ccc(OCCOC(=O)CCCCCN=C2NS(=O)(=O)c3ccccc32)cc1. The summed E-state index contributed by atoms with van der Waals surface area (Å²) in [6.45, 7) is 3.70. The predicted octanol–water partition coefficient (Wildman–Crippen LogP) is 3.70. The maximum atomic E-state index is 12.1. The first-order valence-corrected chi connectivity index (χ1v) is 12.7. The number of carbonyl (C=O) groups excluding carboxylic acids is 1. The number of amidine groups is 1. The molecule has 0 fully saturated rings. The minimum absolute atomic E-state index is 0.195. The molecule has 0 amide bonds. The van der Waals surface area contributed by atoms with E-state index in [9.17, 15) is 13.2 Å². The van der Waals surface area contributed by atoms with Gasteiger partial charge in [-0.05, 0) is 55.7 Å². The molecule has 0 aromatic heterocycles. The Balaban J connectivity index is 1.25. The molecule has 0 aliphatic carbocycles. The van der Waals surface area contributed by atoms with E-state index in [0.29, 0.717) is 43.1 Å². The fourth-order valence-corrected chi connectivity index (χ4v) is 4.49. The normalized spacial score (nSPS) is 15.0. The largest absolute Gasteiger partial charge is 0.494 e. The van der Waals surface area contributed by atoms with Gasteiger partial charge in [-0.1, -0.05) is 25.5 Å². The average molecular weight is 475 g/mol. The lowest BCUT2D eigenvalue weighted by atomic mass is 10.2. The van der Waals surface area contributed by atoms with Crippen molar-refractivity contribution in [2.75, 3.05) is 26.4 Å². The standard InChI is InChI=1S/C24H30N2O6S/c1-2-16-30-19-11-13-20(14-12-19)31-17-18-32-23(27)10-4-3-7-15-25-24-21-8-5-6-9-22(21)33(28,29)26-24/h5-6,8-9,11-14H,2-4,7,10,15-18H2,1H3,(H,25,26). The Hall–Kier alpha value is -3.07. The van der Waals surface area contributed by atoms with Crippen molar-refractivity contribution in [3.05, 3.63) is 54.1 Å². The molecule has 3 rings (SSSR count). The zero-order chi connectivity index (χ0) is 23.5. The summed E-state index contributed by atoms with van der Waals surface area (Å²) >= 11 is 0. The molecule has 9 heteroatoms. The third-order valence-electron chi connectivity index (χ3n) is 4.88. The number of fused-ring (bicyclic) bond motifs is 1. The number of carbonyl (C=O) groups is 1. The van der Waals surface area contributed by atoms with Crippen molar-refractivity contribution in [1.29, 1.82) is 0 Å². The molecular formula is C24H30N2O6S. The number of unbranched alkanes of at least 4 members (excludes halogenated alkanes) is 2. The highest BCUT2D eigenvalue weighted by atomic mass is 32.2. The van der Waals surface area contributed by atoms with Gasteiger partial charge in [0.15, 0.2) is 0 Å². The molecule has 1 N–H and O–H groups in total. The number of ether oxygens (including phenoxy) is 3. The lowest BCUT2D eigenvalue weighted by Gasteiger charge is -2.09. The minimum Gasteiger partial charge on any atom is -0.494 e. The summed E-state index contributed by atoms with van der Waals surface area (Å²) < 4.78 is 42.9. The van der Waals surface area contributed by atoms with Crippen LogP contribution in [-0.4, -0.2) is 46.6 Å². The van der Waals surface area contributed by atoms with Gasteiger partial charge in [-0.25, -0.2) is 8.42 Å². The highest BCUT2D eigenvalue weighted by molar-refractivity contribution is 7.90. The number of rotatable bonds is 13. The van der Waals surface area contributed by atoms with Gasteiger partial charge in [0.05, 0.1) is 11.5 Å². The number of benzene rings is 2. The first kappa shape index (κ1) is 24.6. The predicted molar refractivity (Wildman–Crippen MR) is 125 cm³/mol. The van der Waals surface area contributed by atoms with Crippen molar-refractivity contribution in [2.24, 2.45) is 4.99 Å². The second-order valence-corrected chi connectivity index (χ2v) is 9.18. The number of nitrogens with zero attached hydrogens (tertiary/aromatic N) is 1. The summed E-state index contributed by atoms with van der Waals surface area (Å²) in [5.74, 6) is 1.62. The quantitative estimate of drug-likeness (QED) is 0.351. The second kappa shape index (κ2) is 12.2. The summed E-state index contributed by atoms with van der Waals surface area (Å²) in [5, 5.41) is 0. The number of sulfonamides is 1.